The monoisotopic (exact) mass is 375 g/mol. The molecule has 0 saturated carbocycles. The van der Waals surface area contributed by atoms with E-state index in [1.807, 2.05) is 48.5 Å². The second kappa shape index (κ2) is 10.5. The Bertz CT molecular complexity index is 751. The van der Waals surface area contributed by atoms with Crippen LogP contribution in [0.25, 0.3) is 0 Å². The van der Waals surface area contributed by atoms with Crippen LogP contribution in [-0.2, 0) is 23.1 Å². The number of nitrogens with zero attached hydrogens (tertiary/aromatic N) is 1. The van der Waals surface area contributed by atoms with E-state index in [1.165, 1.54) is 0 Å². The van der Waals surface area contributed by atoms with Crippen molar-refractivity contribution < 1.29 is 13.7 Å². The zero-order valence-corrected chi connectivity index (χ0v) is 15.9. The van der Waals surface area contributed by atoms with E-state index in [0.717, 1.165) is 11.1 Å². The summed E-state index contributed by atoms with van der Waals surface area (Å²) in [6.45, 7) is 0.938. The first-order chi connectivity index (χ1) is 12.6. The van der Waals surface area contributed by atoms with Gasteiger partial charge in [-0.1, -0.05) is 36.4 Å². The molecule has 1 atom stereocenters. The summed E-state index contributed by atoms with van der Waals surface area (Å²) in [5.41, 5.74) is 7.90. The molecule has 26 heavy (non-hydrogen) atoms. The normalized spacial score (nSPS) is 12.5. The van der Waals surface area contributed by atoms with E-state index in [2.05, 4.69) is 10.3 Å². The van der Waals surface area contributed by atoms with Gasteiger partial charge in [0.25, 0.3) is 0 Å². The van der Waals surface area contributed by atoms with Crippen LogP contribution in [0.1, 0.15) is 11.1 Å². The highest BCUT2D eigenvalue weighted by molar-refractivity contribution is 7.84. The molecule has 2 aromatic carbocycles. The van der Waals surface area contributed by atoms with E-state index in [1.54, 1.807) is 14.2 Å². The molecular weight excluding hydrogens is 350 g/mol. The summed E-state index contributed by atoms with van der Waals surface area (Å²) in [7, 11) is 2.25. The Kier molecular flexibility index (Phi) is 7.95. The van der Waals surface area contributed by atoms with E-state index in [-0.39, 0.29) is 0 Å². The van der Waals surface area contributed by atoms with Crippen molar-refractivity contribution >= 4 is 16.8 Å². The van der Waals surface area contributed by atoms with E-state index >= 15 is 0 Å². The lowest BCUT2D eigenvalue weighted by Gasteiger charge is -2.09. The van der Waals surface area contributed by atoms with Crippen molar-refractivity contribution in [2.24, 2.45) is 10.7 Å². The highest BCUT2D eigenvalue weighted by atomic mass is 32.2. The third kappa shape index (κ3) is 6.40. The maximum atomic E-state index is 12.1. The standard InChI is InChI=1S/C19H25N3O3S/c1-24-17-9-8-16(12-18(17)25-2)13-22-19(20)21-10-11-26(23)14-15-6-4-3-5-7-15/h3-9,12H,10-11,13-14H2,1-2H3,(H3,20,21,22). The van der Waals surface area contributed by atoms with Crippen LogP contribution in [0.4, 0.5) is 0 Å². The van der Waals surface area contributed by atoms with Crippen molar-refractivity contribution in [1.82, 2.24) is 5.32 Å². The third-order valence-electron chi connectivity index (χ3n) is 3.69. The second-order valence-electron chi connectivity index (χ2n) is 5.59. The number of guanidine groups is 1. The third-order valence-corrected chi connectivity index (χ3v) is 5.00. The van der Waals surface area contributed by atoms with Crippen LogP contribution in [0.2, 0.25) is 0 Å². The first-order valence-electron chi connectivity index (χ1n) is 8.26. The molecule has 3 N–H and O–H groups in total. The molecule has 0 aliphatic heterocycles. The van der Waals surface area contributed by atoms with Gasteiger partial charge in [0.05, 0.1) is 20.8 Å². The SMILES string of the molecule is COc1ccc(CN=C(N)NCCS(=O)Cc2ccccc2)cc1OC. The van der Waals surface area contributed by atoms with Gasteiger partial charge < -0.3 is 20.5 Å². The summed E-state index contributed by atoms with van der Waals surface area (Å²) in [6, 6.07) is 15.4. The van der Waals surface area contributed by atoms with Crippen molar-refractivity contribution in [3.8, 4) is 11.5 Å². The number of hydrogen-bond donors (Lipinski definition) is 2. The van der Waals surface area contributed by atoms with Crippen LogP contribution in [0.15, 0.2) is 53.5 Å². The smallest absolute Gasteiger partial charge is 0.188 e. The number of aliphatic imine (C=N–C) groups is 1. The van der Waals surface area contributed by atoms with Crippen molar-refractivity contribution in [2.75, 3.05) is 26.5 Å². The average Bonchev–Trinajstić information content (AvgIpc) is 2.66. The number of ether oxygens (including phenoxy) is 2. The van der Waals surface area contributed by atoms with Crippen molar-refractivity contribution in [2.45, 2.75) is 12.3 Å². The van der Waals surface area contributed by atoms with Gasteiger partial charge in [0.2, 0.25) is 0 Å². The molecule has 0 heterocycles. The fourth-order valence-electron chi connectivity index (χ4n) is 2.34. The Morgan fingerprint density at radius 3 is 2.50 bits per heavy atom. The minimum Gasteiger partial charge on any atom is -0.493 e. The lowest BCUT2D eigenvalue weighted by atomic mass is 10.2. The number of nitrogens with two attached hydrogens (primary N) is 1. The van der Waals surface area contributed by atoms with Crippen LogP contribution in [0.3, 0.4) is 0 Å². The summed E-state index contributed by atoms with van der Waals surface area (Å²) in [5.74, 6) is 2.72. The van der Waals surface area contributed by atoms with Gasteiger partial charge in [-0.3, -0.25) is 4.21 Å². The van der Waals surface area contributed by atoms with Gasteiger partial charge in [-0.2, -0.15) is 0 Å². The highest BCUT2D eigenvalue weighted by Gasteiger charge is 2.05. The Hall–Kier alpha value is -2.54. The molecule has 0 radical (unpaired) electrons. The fraction of sp³-hybridized carbons (Fsp3) is 0.316. The fourth-order valence-corrected chi connectivity index (χ4v) is 3.37. The zero-order chi connectivity index (χ0) is 18.8. The lowest BCUT2D eigenvalue weighted by molar-refractivity contribution is 0.354. The second-order valence-corrected chi connectivity index (χ2v) is 7.17. The number of benzene rings is 2. The molecule has 0 aliphatic carbocycles. The molecule has 0 amide bonds. The van der Waals surface area contributed by atoms with Gasteiger partial charge in [-0.15, -0.1) is 0 Å². The van der Waals surface area contributed by atoms with Gasteiger partial charge >= 0.3 is 0 Å². The zero-order valence-electron chi connectivity index (χ0n) is 15.1. The Labute approximate surface area is 156 Å². The van der Waals surface area contributed by atoms with Crippen LogP contribution in [0, 0.1) is 0 Å². The van der Waals surface area contributed by atoms with Gasteiger partial charge in [-0.05, 0) is 23.3 Å². The van der Waals surface area contributed by atoms with Gasteiger partial charge in [0.1, 0.15) is 0 Å². The molecule has 0 aromatic heterocycles. The van der Waals surface area contributed by atoms with Crippen LogP contribution >= 0.6 is 0 Å². The molecule has 0 aliphatic rings. The van der Waals surface area contributed by atoms with Crippen molar-refractivity contribution in [1.29, 1.82) is 0 Å². The van der Waals surface area contributed by atoms with Crippen molar-refractivity contribution in [3.05, 3.63) is 59.7 Å². The van der Waals surface area contributed by atoms with Gasteiger partial charge in [0, 0.05) is 28.9 Å². The summed E-state index contributed by atoms with van der Waals surface area (Å²) < 4.78 is 22.5. The molecular formula is C19H25N3O3S. The number of nitrogens with one attached hydrogen (secondary N) is 1. The minimum absolute atomic E-state index is 0.330. The molecule has 2 aromatic rings. The van der Waals surface area contributed by atoms with Gasteiger partial charge in [-0.25, -0.2) is 4.99 Å². The molecule has 7 heteroatoms. The van der Waals surface area contributed by atoms with Crippen LogP contribution in [-0.4, -0.2) is 36.7 Å². The summed E-state index contributed by atoms with van der Waals surface area (Å²) in [5, 5.41) is 3.00. The largest absolute Gasteiger partial charge is 0.493 e. The Morgan fingerprint density at radius 1 is 1.08 bits per heavy atom. The molecule has 0 saturated heterocycles. The van der Waals surface area contributed by atoms with Crippen LogP contribution in [0.5, 0.6) is 11.5 Å². The Morgan fingerprint density at radius 2 is 1.81 bits per heavy atom. The molecule has 0 spiro atoms. The van der Waals surface area contributed by atoms with Crippen molar-refractivity contribution in [3.63, 3.8) is 0 Å². The van der Waals surface area contributed by atoms with Gasteiger partial charge in [0.15, 0.2) is 17.5 Å². The average molecular weight is 375 g/mol. The molecule has 6 nitrogen and oxygen atoms in total. The molecule has 2 rings (SSSR count). The maximum Gasteiger partial charge on any atom is 0.188 e. The molecule has 140 valence electrons. The predicted octanol–water partition coefficient (Wildman–Crippen LogP) is 2.06. The molecule has 1 unspecified atom stereocenters. The molecule has 0 fully saturated rings. The maximum absolute atomic E-state index is 12.1. The summed E-state index contributed by atoms with van der Waals surface area (Å²) in [4.78, 5) is 4.29. The predicted molar refractivity (Wildman–Crippen MR) is 106 cm³/mol. The first-order valence-corrected chi connectivity index (χ1v) is 9.74. The number of hydrogen-bond acceptors (Lipinski definition) is 4. The molecule has 0 bridgehead atoms. The highest BCUT2D eigenvalue weighted by Crippen LogP contribution is 2.27. The van der Waals surface area contributed by atoms with Crippen LogP contribution < -0.4 is 20.5 Å². The van der Waals surface area contributed by atoms with E-state index in [4.69, 9.17) is 15.2 Å². The van der Waals surface area contributed by atoms with E-state index in [0.29, 0.717) is 42.1 Å². The quantitative estimate of drug-likeness (QED) is 0.518. The van der Waals surface area contributed by atoms with E-state index in [9.17, 15) is 4.21 Å². The van der Waals surface area contributed by atoms with E-state index < -0.39 is 10.8 Å². The lowest BCUT2D eigenvalue weighted by Crippen LogP contribution is -2.34. The Balaban J connectivity index is 1.77. The minimum atomic E-state index is -0.939. The first kappa shape index (κ1) is 19.8. The summed E-state index contributed by atoms with van der Waals surface area (Å²) in [6.07, 6.45) is 0. The number of rotatable bonds is 9. The summed E-state index contributed by atoms with van der Waals surface area (Å²) >= 11 is 0. The topological polar surface area (TPSA) is 85.9 Å². The number of methoxy groups -OCH3 is 2.